The Morgan fingerprint density at radius 1 is 0.882 bits per heavy atom. The van der Waals surface area contributed by atoms with E-state index in [1.54, 1.807) is 0 Å². The van der Waals surface area contributed by atoms with E-state index < -0.39 is 0 Å². The summed E-state index contributed by atoms with van der Waals surface area (Å²) in [5.41, 5.74) is 0. The fourth-order valence-electron chi connectivity index (χ4n) is 2.66. The Labute approximate surface area is 107 Å². The van der Waals surface area contributed by atoms with E-state index in [-0.39, 0.29) is 12.7 Å². The Balaban J connectivity index is 4.32. The molecule has 0 aliphatic rings. The van der Waals surface area contributed by atoms with E-state index >= 15 is 0 Å². The first kappa shape index (κ1) is 16.9. The zero-order valence-electron chi connectivity index (χ0n) is 12.3. The van der Waals surface area contributed by atoms with Gasteiger partial charge >= 0.3 is 0 Å². The van der Waals surface area contributed by atoms with Crippen LogP contribution in [0.25, 0.3) is 0 Å². The Bertz CT molecular complexity index is 172. The third kappa shape index (κ3) is 6.42. The molecule has 0 aliphatic heterocycles. The number of hydrogen-bond donors (Lipinski definition) is 2. The third-order valence-corrected chi connectivity index (χ3v) is 4.21. The lowest BCUT2D eigenvalue weighted by Crippen LogP contribution is -2.25. The first-order valence-electron chi connectivity index (χ1n) is 7.25. The molecule has 0 saturated carbocycles. The second-order valence-corrected chi connectivity index (χ2v) is 5.85. The third-order valence-electron chi connectivity index (χ3n) is 4.21. The quantitative estimate of drug-likeness (QED) is 0.652. The van der Waals surface area contributed by atoms with Crippen LogP contribution in [0.4, 0.5) is 0 Å². The molecule has 0 heterocycles. The van der Waals surface area contributed by atoms with Gasteiger partial charge in [-0.05, 0) is 42.9 Å². The van der Waals surface area contributed by atoms with E-state index in [0.29, 0.717) is 23.7 Å². The van der Waals surface area contributed by atoms with E-state index in [4.69, 9.17) is 0 Å². The minimum absolute atomic E-state index is 0.160. The predicted molar refractivity (Wildman–Crippen MR) is 73.9 cm³/mol. The summed E-state index contributed by atoms with van der Waals surface area (Å²) in [5.74, 6) is 2.13. The summed E-state index contributed by atoms with van der Waals surface area (Å²) in [7, 11) is 0. The molecule has 0 aromatic rings. The molecule has 17 heavy (non-hydrogen) atoms. The maximum atomic E-state index is 9.68. The molecule has 0 bridgehead atoms. The van der Waals surface area contributed by atoms with E-state index in [9.17, 15) is 10.2 Å². The molecule has 0 amide bonds. The molecule has 0 aromatic heterocycles. The van der Waals surface area contributed by atoms with Gasteiger partial charge in [0.15, 0.2) is 0 Å². The first-order valence-corrected chi connectivity index (χ1v) is 7.25. The van der Waals surface area contributed by atoms with Crippen LogP contribution in [0.5, 0.6) is 0 Å². The van der Waals surface area contributed by atoms with Crippen LogP contribution >= 0.6 is 0 Å². The van der Waals surface area contributed by atoms with Crippen LogP contribution in [0.15, 0.2) is 0 Å². The molecular weight excluding hydrogens is 212 g/mol. The van der Waals surface area contributed by atoms with Crippen molar-refractivity contribution in [1.29, 1.82) is 0 Å². The zero-order valence-corrected chi connectivity index (χ0v) is 12.3. The highest BCUT2D eigenvalue weighted by Gasteiger charge is 2.24. The normalized spacial score (nSPS) is 20.6. The van der Waals surface area contributed by atoms with Crippen LogP contribution in [0.1, 0.15) is 60.3 Å². The SMILES string of the molecule is CCC(O)CC(C)CC(C(C)CC)C(C)CO. The fraction of sp³-hybridized carbons (Fsp3) is 1.00. The topological polar surface area (TPSA) is 40.5 Å². The first-order chi connectivity index (χ1) is 7.96. The van der Waals surface area contributed by atoms with Gasteiger partial charge in [-0.3, -0.25) is 0 Å². The minimum atomic E-state index is -0.160. The smallest absolute Gasteiger partial charge is 0.0540 e. The van der Waals surface area contributed by atoms with Gasteiger partial charge in [-0.1, -0.05) is 41.0 Å². The van der Waals surface area contributed by atoms with Crippen LogP contribution < -0.4 is 0 Å². The van der Waals surface area contributed by atoms with E-state index in [1.807, 2.05) is 6.92 Å². The highest BCUT2D eigenvalue weighted by molar-refractivity contribution is 4.74. The summed E-state index contributed by atoms with van der Waals surface area (Å²) >= 11 is 0. The molecule has 0 aromatic carbocycles. The molecule has 0 fully saturated rings. The minimum Gasteiger partial charge on any atom is -0.396 e. The number of aliphatic hydroxyl groups excluding tert-OH is 2. The Hall–Kier alpha value is -0.0800. The molecule has 2 N–H and O–H groups in total. The van der Waals surface area contributed by atoms with Gasteiger partial charge < -0.3 is 10.2 Å². The van der Waals surface area contributed by atoms with Crippen LogP contribution in [-0.2, 0) is 0 Å². The van der Waals surface area contributed by atoms with Gasteiger partial charge in [-0.15, -0.1) is 0 Å². The summed E-state index contributed by atoms with van der Waals surface area (Å²) in [6, 6.07) is 0. The van der Waals surface area contributed by atoms with Crippen molar-refractivity contribution in [1.82, 2.24) is 0 Å². The molecule has 104 valence electrons. The average molecular weight is 244 g/mol. The van der Waals surface area contributed by atoms with Crippen molar-refractivity contribution in [3.8, 4) is 0 Å². The fourth-order valence-corrected chi connectivity index (χ4v) is 2.66. The lowest BCUT2D eigenvalue weighted by molar-refractivity contribution is 0.103. The molecule has 2 nitrogen and oxygen atoms in total. The number of aliphatic hydroxyl groups is 2. The van der Waals surface area contributed by atoms with Crippen LogP contribution in [0.2, 0.25) is 0 Å². The Morgan fingerprint density at radius 3 is 1.88 bits per heavy atom. The summed E-state index contributed by atoms with van der Waals surface area (Å²) in [6.45, 7) is 11.2. The van der Waals surface area contributed by atoms with E-state index in [1.165, 1.54) is 0 Å². The van der Waals surface area contributed by atoms with Gasteiger partial charge in [0.1, 0.15) is 0 Å². The van der Waals surface area contributed by atoms with Crippen LogP contribution in [0.3, 0.4) is 0 Å². The lowest BCUT2D eigenvalue weighted by atomic mass is 9.76. The summed E-state index contributed by atoms with van der Waals surface area (Å²) < 4.78 is 0. The van der Waals surface area contributed by atoms with Gasteiger partial charge in [-0.2, -0.15) is 0 Å². The van der Waals surface area contributed by atoms with Crippen LogP contribution in [-0.4, -0.2) is 22.9 Å². The van der Waals surface area contributed by atoms with Crippen molar-refractivity contribution in [2.24, 2.45) is 23.7 Å². The average Bonchev–Trinajstić information content (AvgIpc) is 2.33. The van der Waals surface area contributed by atoms with Crippen molar-refractivity contribution in [2.45, 2.75) is 66.4 Å². The standard InChI is InChI=1S/C15H32O2/c1-6-12(4)15(13(5)10-16)9-11(3)8-14(17)7-2/h11-17H,6-10H2,1-5H3. The second-order valence-electron chi connectivity index (χ2n) is 5.85. The summed E-state index contributed by atoms with van der Waals surface area (Å²) in [5, 5.41) is 19.0. The largest absolute Gasteiger partial charge is 0.396 e. The van der Waals surface area contributed by atoms with Crippen molar-refractivity contribution in [2.75, 3.05) is 6.61 Å². The monoisotopic (exact) mass is 244 g/mol. The van der Waals surface area contributed by atoms with Crippen molar-refractivity contribution in [3.05, 3.63) is 0 Å². The van der Waals surface area contributed by atoms with Gasteiger partial charge in [0.2, 0.25) is 0 Å². The van der Waals surface area contributed by atoms with Crippen molar-refractivity contribution < 1.29 is 10.2 Å². The molecule has 0 rings (SSSR count). The van der Waals surface area contributed by atoms with Gasteiger partial charge in [0.05, 0.1) is 6.10 Å². The highest BCUT2D eigenvalue weighted by atomic mass is 16.3. The molecule has 0 saturated heterocycles. The number of hydrogen-bond acceptors (Lipinski definition) is 2. The Morgan fingerprint density at radius 2 is 1.47 bits per heavy atom. The predicted octanol–water partition coefficient (Wildman–Crippen LogP) is 3.46. The van der Waals surface area contributed by atoms with E-state index in [0.717, 1.165) is 25.7 Å². The van der Waals surface area contributed by atoms with Crippen molar-refractivity contribution >= 4 is 0 Å². The maximum absolute atomic E-state index is 9.68. The van der Waals surface area contributed by atoms with Gasteiger partial charge in [0, 0.05) is 6.61 Å². The second kappa shape index (κ2) is 8.93. The number of rotatable bonds is 9. The van der Waals surface area contributed by atoms with Crippen LogP contribution in [0, 0.1) is 23.7 Å². The lowest BCUT2D eigenvalue weighted by Gasteiger charge is -2.31. The Kier molecular flexibility index (Phi) is 8.89. The van der Waals surface area contributed by atoms with Crippen molar-refractivity contribution in [3.63, 3.8) is 0 Å². The molecule has 0 aliphatic carbocycles. The maximum Gasteiger partial charge on any atom is 0.0540 e. The molecule has 5 unspecified atom stereocenters. The summed E-state index contributed by atoms with van der Waals surface area (Å²) in [6.07, 6.45) is 3.86. The molecular formula is C15H32O2. The highest BCUT2D eigenvalue weighted by Crippen LogP contribution is 2.31. The molecule has 0 radical (unpaired) electrons. The molecule has 5 atom stereocenters. The molecule has 0 spiro atoms. The van der Waals surface area contributed by atoms with Gasteiger partial charge in [0.25, 0.3) is 0 Å². The summed E-state index contributed by atoms with van der Waals surface area (Å²) in [4.78, 5) is 0. The zero-order chi connectivity index (χ0) is 13.4. The van der Waals surface area contributed by atoms with Gasteiger partial charge in [-0.25, -0.2) is 0 Å². The van der Waals surface area contributed by atoms with E-state index in [2.05, 4.69) is 27.7 Å². The molecule has 2 heteroatoms.